The van der Waals surface area contributed by atoms with Gasteiger partial charge >= 0.3 is 0 Å². The number of hydrogen-bond donors (Lipinski definition) is 1. The standard InChI is InChI=1S/C9H4BrN5O2/c10-8-3-7(15(16)17)1-2-9(8)14-13-6(4-11)5-12/h1-3,14H. The first-order chi connectivity index (χ1) is 8.08. The first kappa shape index (κ1) is 12.6. The predicted octanol–water partition coefficient (Wildman–Crippen LogP) is 2.17. The molecule has 84 valence electrons. The number of nitro groups is 1. The van der Waals surface area contributed by atoms with Crippen molar-refractivity contribution in [1.82, 2.24) is 0 Å². The van der Waals surface area contributed by atoms with Crippen LogP contribution in [-0.2, 0) is 0 Å². The van der Waals surface area contributed by atoms with Gasteiger partial charge in [-0.1, -0.05) is 0 Å². The summed E-state index contributed by atoms with van der Waals surface area (Å²) in [5.41, 5.74) is 2.46. The average molecular weight is 294 g/mol. The molecule has 0 aliphatic rings. The van der Waals surface area contributed by atoms with E-state index in [9.17, 15) is 10.1 Å². The molecule has 0 unspecified atom stereocenters. The summed E-state index contributed by atoms with van der Waals surface area (Å²) in [6, 6.07) is 7.13. The van der Waals surface area contributed by atoms with E-state index < -0.39 is 4.92 Å². The summed E-state index contributed by atoms with van der Waals surface area (Å²) >= 11 is 3.11. The van der Waals surface area contributed by atoms with Crippen molar-refractivity contribution in [2.45, 2.75) is 0 Å². The number of non-ortho nitro benzene ring substituents is 1. The molecule has 0 saturated carbocycles. The highest BCUT2D eigenvalue weighted by molar-refractivity contribution is 9.10. The van der Waals surface area contributed by atoms with Crippen molar-refractivity contribution in [1.29, 1.82) is 10.5 Å². The molecule has 0 aliphatic heterocycles. The van der Waals surface area contributed by atoms with E-state index in [4.69, 9.17) is 10.5 Å². The van der Waals surface area contributed by atoms with E-state index in [2.05, 4.69) is 26.5 Å². The lowest BCUT2D eigenvalue weighted by atomic mass is 10.3. The molecule has 8 heteroatoms. The summed E-state index contributed by atoms with van der Waals surface area (Å²) in [7, 11) is 0. The van der Waals surface area contributed by atoms with Crippen LogP contribution in [0.5, 0.6) is 0 Å². The van der Waals surface area contributed by atoms with Crippen LogP contribution in [0.1, 0.15) is 0 Å². The summed E-state index contributed by atoms with van der Waals surface area (Å²) in [5, 5.41) is 30.9. The van der Waals surface area contributed by atoms with Gasteiger partial charge in [-0.05, 0) is 22.0 Å². The van der Waals surface area contributed by atoms with Gasteiger partial charge in [-0.2, -0.15) is 15.6 Å². The quantitative estimate of drug-likeness (QED) is 0.521. The zero-order valence-electron chi connectivity index (χ0n) is 8.22. The number of anilines is 1. The Bertz CT molecular complexity index is 554. The van der Waals surface area contributed by atoms with Crippen LogP contribution in [0.3, 0.4) is 0 Å². The Kier molecular flexibility index (Phi) is 4.14. The molecule has 0 aromatic heterocycles. The number of hydrogen-bond acceptors (Lipinski definition) is 6. The summed E-state index contributed by atoms with van der Waals surface area (Å²) in [6.45, 7) is 0. The second-order valence-electron chi connectivity index (χ2n) is 2.72. The van der Waals surface area contributed by atoms with Crippen LogP contribution < -0.4 is 5.43 Å². The van der Waals surface area contributed by atoms with E-state index in [0.717, 1.165) is 0 Å². The Morgan fingerprint density at radius 1 is 1.47 bits per heavy atom. The van der Waals surface area contributed by atoms with Crippen molar-refractivity contribution in [2.75, 3.05) is 5.43 Å². The molecular formula is C9H4BrN5O2. The molecule has 1 aromatic carbocycles. The molecule has 0 heterocycles. The van der Waals surface area contributed by atoms with Crippen molar-refractivity contribution in [3.05, 3.63) is 32.8 Å². The summed E-state index contributed by atoms with van der Waals surface area (Å²) in [5.74, 6) is 0. The minimum Gasteiger partial charge on any atom is -0.275 e. The topological polar surface area (TPSA) is 115 Å². The minimum absolute atomic E-state index is 0.0767. The molecule has 0 atom stereocenters. The molecule has 0 bridgehead atoms. The average Bonchev–Trinajstić information content (AvgIpc) is 2.31. The lowest BCUT2D eigenvalue weighted by molar-refractivity contribution is -0.384. The van der Waals surface area contributed by atoms with Crippen molar-refractivity contribution in [3.63, 3.8) is 0 Å². The maximum atomic E-state index is 10.5. The Morgan fingerprint density at radius 3 is 2.59 bits per heavy atom. The molecule has 1 rings (SSSR count). The van der Waals surface area contributed by atoms with Crippen LogP contribution >= 0.6 is 15.9 Å². The molecule has 0 spiro atoms. The highest BCUT2D eigenvalue weighted by atomic mass is 79.9. The summed E-state index contributed by atoms with van der Waals surface area (Å²) in [4.78, 5) is 9.94. The smallest absolute Gasteiger partial charge is 0.270 e. The van der Waals surface area contributed by atoms with Gasteiger partial charge < -0.3 is 0 Å². The second-order valence-corrected chi connectivity index (χ2v) is 3.57. The number of nitriles is 2. The molecule has 1 aromatic rings. The molecule has 7 nitrogen and oxygen atoms in total. The SMILES string of the molecule is N#CC(C#N)=NNc1ccc([N+](=O)[O-])cc1Br. The van der Waals surface area contributed by atoms with Crippen LogP contribution in [-0.4, -0.2) is 10.6 Å². The van der Waals surface area contributed by atoms with Gasteiger partial charge in [-0.15, -0.1) is 0 Å². The van der Waals surface area contributed by atoms with Crippen LogP contribution in [0.25, 0.3) is 0 Å². The Hall–Kier alpha value is -2.45. The van der Waals surface area contributed by atoms with Crippen LogP contribution in [0.15, 0.2) is 27.8 Å². The number of nitro benzene ring substituents is 1. The third kappa shape index (κ3) is 3.26. The van der Waals surface area contributed by atoms with Crippen molar-refractivity contribution < 1.29 is 4.92 Å². The third-order valence-corrected chi connectivity index (χ3v) is 2.32. The van der Waals surface area contributed by atoms with Gasteiger partial charge in [0.25, 0.3) is 5.69 Å². The van der Waals surface area contributed by atoms with Crippen molar-refractivity contribution in [3.8, 4) is 12.1 Å². The van der Waals surface area contributed by atoms with Crippen molar-refractivity contribution >= 4 is 33.0 Å². The molecule has 0 saturated heterocycles. The number of halogens is 1. The fraction of sp³-hybridized carbons (Fsp3) is 0. The Balaban J connectivity index is 2.96. The van der Waals surface area contributed by atoms with E-state index in [1.807, 2.05) is 0 Å². The molecule has 17 heavy (non-hydrogen) atoms. The van der Waals surface area contributed by atoms with Crippen LogP contribution in [0, 0.1) is 32.8 Å². The van der Waals surface area contributed by atoms with Gasteiger partial charge in [-0.25, -0.2) is 0 Å². The monoisotopic (exact) mass is 293 g/mol. The zero-order chi connectivity index (χ0) is 12.8. The molecular weight excluding hydrogens is 290 g/mol. The van der Waals surface area contributed by atoms with E-state index in [-0.39, 0.29) is 11.4 Å². The number of hydrazone groups is 1. The lowest BCUT2D eigenvalue weighted by Gasteiger charge is -2.02. The fourth-order valence-corrected chi connectivity index (χ4v) is 1.35. The molecule has 0 fully saturated rings. The number of benzene rings is 1. The van der Waals surface area contributed by atoms with Crippen molar-refractivity contribution in [2.24, 2.45) is 5.10 Å². The Labute approximate surface area is 104 Å². The van der Waals surface area contributed by atoms with Gasteiger partial charge in [0.05, 0.1) is 10.6 Å². The van der Waals surface area contributed by atoms with Gasteiger partial charge in [0, 0.05) is 16.6 Å². The molecule has 0 aliphatic carbocycles. The second kappa shape index (κ2) is 5.58. The Morgan fingerprint density at radius 2 is 2.12 bits per heavy atom. The maximum absolute atomic E-state index is 10.5. The van der Waals surface area contributed by atoms with Gasteiger partial charge in [0.15, 0.2) is 0 Å². The molecule has 0 radical (unpaired) electrons. The number of nitrogens with one attached hydrogen (secondary N) is 1. The maximum Gasteiger partial charge on any atom is 0.270 e. The van der Waals surface area contributed by atoms with Crippen LogP contribution in [0.2, 0.25) is 0 Å². The van der Waals surface area contributed by atoms with Gasteiger partial charge in [0.1, 0.15) is 12.1 Å². The lowest BCUT2D eigenvalue weighted by Crippen LogP contribution is -1.97. The van der Waals surface area contributed by atoms with E-state index in [1.54, 1.807) is 12.1 Å². The van der Waals surface area contributed by atoms with Gasteiger partial charge in [-0.3, -0.25) is 15.5 Å². The fourth-order valence-electron chi connectivity index (χ4n) is 0.899. The summed E-state index contributed by atoms with van der Waals surface area (Å²) < 4.78 is 0.408. The van der Waals surface area contributed by atoms with E-state index >= 15 is 0 Å². The van der Waals surface area contributed by atoms with Crippen LogP contribution in [0.4, 0.5) is 11.4 Å². The largest absolute Gasteiger partial charge is 0.275 e. The normalized spacial score (nSPS) is 8.65. The molecule has 1 N–H and O–H groups in total. The minimum atomic E-state index is -0.534. The number of rotatable bonds is 3. The predicted molar refractivity (Wildman–Crippen MR) is 63.1 cm³/mol. The number of nitrogens with zero attached hydrogens (tertiary/aromatic N) is 4. The third-order valence-electron chi connectivity index (χ3n) is 1.66. The van der Waals surface area contributed by atoms with Gasteiger partial charge in [0.2, 0.25) is 5.71 Å². The first-order valence-electron chi connectivity index (χ1n) is 4.16. The highest BCUT2D eigenvalue weighted by Gasteiger charge is 2.08. The zero-order valence-corrected chi connectivity index (χ0v) is 9.80. The highest BCUT2D eigenvalue weighted by Crippen LogP contribution is 2.26. The first-order valence-corrected chi connectivity index (χ1v) is 4.95. The summed E-state index contributed by atoms with van der Waals surface area (Å²) in [6.07, 6.45) is 0. The van der Waals surface area contributed by atoms with E-state index in [0.29, 0.717) is 10.2 Å². The van der Waals surface area contributed by atoms with E-state index in [1.165, 1.54) is 18.2 Å². The molecule has 0 amide bonds.